The summed E-state index contributed by atoms with van der Waals surface area (Å²) < 4.78 is 5.18. The molecule has 0 amide bonds. The molecule has 0 aromatic heterocycles. The molecule has 0 aromatic rings. The van der Waals surface area contributed by atoms with Gasteiger partial charge in [0.15, 0.2) is 0 Å². The lowest BCUT2D eigenvalue weighted by Crippen LogP contribution is -2.07. The first-order valence-electron chi connectivity index (χ1n) is 3.19. The van der Waals surface area contributed by atoms with E-state index in [2.05, 4.69) is 12.8 Å². The Labute approximate surface area is 57.4 Å². The smallest absolute Gasteiger partial charge is 0.0579 e. The highest BCUT2D eigenvalue weighted by molar-refractivity contribution is 4.83. The fourth-order valence-electron chi connectivity index (χ4n) is 0.402. The summed E-state index contributed by atoms with van der Waals surface area (Å²) in [7, 11) is 0. The molecule has 0 bridgehead atoms. The van der Waals surface area contributed by atoms with Crippen molar-refractivity contribution in [1.29, 1.82) is 0 Å². The van der Waals surface area contributed by atoms with Crippen molar-refractivity contribution in [2.75, 3.05) is 6.61 Å². The summed E-state index contributed by atoms with van der Waals surface area (Å²) in [5, 5.41) is 0. The van der Waals surface area contributed by atoms with Gasteiger partial charge in [0.1, 0.15) is 0 Å². The van der Waals surface area contributed by atoms with Crippen LogP contribution in [0.3, 0.4) is 0 Å². The van der Waals surface area contributed by atoms with E-state index in [-0.39, 0.29) is 6.10 Å². The summed E-state index contributed by atoms with van der Waals surface area (Å²) in [6.45, 7) is 6.41. The molecule has 1 heteroatoms. The Hall–Kier alpha value is -0.480. The van der Waals surface area contributed by atoms with Crippen LogP contribution in [-0.4, -0.2) is 12.7 Å². The molecule has 0 spiro atoms. The van der Waals surface area contributed by atoms with Crippen LogP contribution in [0.5, 0.6) is 0 Å². The highest BCUT2D eigenvalue weighted by atomic mass is 16.5. The van der Waals surface area contributed by atoms with E-state index in [4.69, 9.17) is 11.2 Å². The van der Waals surface area contributed by atoms with E-state index in [0.717, 1.165) is 6.42 Å². The quantitative estimate of drug-likeness (QED) is 0.410. The standard InChI is InChI=1S/C8H13O/c1-4-6-7-9-8(3)5-2/h1,8H,3,5-7H2,2H3. The van der Waals surface area contributed by atoms with Crippen molar-refractivity contribution in [3.63, 3.8) is 0 Å². The van der Waals surface area contributed by atoms with Gasteiger partial charge in [-0.15, -0.1) is 12.3 Å². The molecule has 1 radical (unpaired) electrons. The molecular formula is C8H13O. The molecule has 1 unspecified atom stereocenters. The van der Waals surface area contributed by atoms with E-state index in [1.807, 2.05) is 6.92 Å². The molecule has 0 saturated heterocycles. The summed E-state index contributed by atoms with van der Waals surface area (Å²) in [5.41, 5.74) is 0. The molecule has 0 saturated carbocycles. The van der Waals surface area contributed by atoms with Crippen molar-refractivity contribution in [2.45, 2.75) is 25.9 Å². The number of hydrogen-bond acceptors (Lipinski definition) is 1. The van der Waals surface area contributed by atoms with Crippen molar-refractivity contribution in [2.24, 2.45) is 0 Å². The third kappa shape index (κ3) is 5.39. The number of terminal acetylenes is 1. The minimum Gasteiger partial charge on any atom is -0.377 e. The second-order valence-electron chi connectivity index (χ2n) is 1.86. The first-order valence-corrected chi connectivity index (χ1v) is 3.19. The van der Waals surface area contributed by atoms with Crippen molar-refractivity contribution >= 4 is 0 Å². The summed E-state index contributed by atoms with van der Waals surface area (Å²) >= 11 is 0. The van der Waals surface area contributed by atoms with Crippen molar-refractivity contribution < 1.29 is 4.74 Å². The molecule has 0 aliphatic carbocycles. The van der Waals surface area contributed by atoms with Gasteiger partial charge < -0.3 is 4.74 Å². The molecule has 1 atom stereocenters. The van der Waals surface area contributed by atoms with E-state index in [0.29, 0.717) is 13.0 Å². The Morgan fingerprint density at radius 3 is 2.89 bits per heavy atom. The minimum atomic E-state index is 0.110. The van der Waals surface area contributed by atoms with Gasteiger partial charge >= 0.3 is 0 Å². The average Bonchev–Trinajstić information content (AvgIpc) is 1.89. The molecule has 0 N–H and O–H groups in total. The monoisotopic (exact) mass is 125 g/mol. The highest BCUT2D eigenvalue weighted by Gasteiger charge is 1.94. The lowest BCUT2D eigenvalue weighted by atomic mass is 10.3. The topological polar surface area (TPSA) is 9.23 Å². The zero-order chi connectivity index (χ0) is 7.11. The van der Waals surface area contributed by atoms with Gasteiger partial charge in [-0.2, -0.15) is 0 Å². The van der Waals surface area contributed by atoms with Gasteiger partial charge in [-0.25, -0.2) is 0 Å². The van der Waals surface area contributed by atoms with Crippen LogP contribution in [0.4, 0.5) is 0 Å². The number of rotatable bonds is 4. The summed E-state index contributed by atoms with van der Waals surface area (Å²) in [6.07, 6.45) is 6.75. The lowest BCUT2D eigenvalue weighted by Gasteiger charge is -2.07. The van der Waals surface area contributed by atoms with Gasteiger partial charge in [0, 0.05) is 6.42 Å². The van der Waals surface area contributed by atoms with Crippen LogP contribution in [0.15, 0.2) is 0 Å². The van der Waals surface area contributed by atoms with Gasteiger partial charge in [-0.3, -0.25) is 0 Å². The fraction of sp³-hybridized carbons (Fsp3) is 0.625. The van der Waals surface area contributed by atoms with Gasteiger partial charge in [-0.05, 0) is 13.3 Å². The van der Waals surface area contributed by atoms with E-state index < -0.39 is 0 Å². The first-order chi connectivity index (χ1) is 4.31. The molecule has 0 heterocycles. The average molecular weight is 125 g/mol. The number of hydrogen-bond donors (Lipinski definition) is 0. The predicted molar refractivity (Wildman–Crippen MR) is 38.8 cm³/mol. The van der Waals surface area contributed by atoms with E-state index in [1.54, 1.807) is 0 Å². The molecule has 0 rings (SSSR count). The summed E-state index contributed by atoms with van der Waals surface area (Å²) in [4.78, 5) is 0. The second kappa shape index (κ2) is 5.65. The maximum atomic E-state index is 5.18. The van der Waals surface area contributed by atoms with Crippen LogP contribution < -0.4 is 0 Å². The van der Waals surface area contributed by atoms with Gasteiger partial charge in [-0.1, -0.05) is 6.92 Å². The third-order valence-corrected chi connectivity index (χ3v) is 1.06. The van der Waals surface area contributed by atoms with Crippen LogP contribution in [-0.2, 0) is 4.74 Å². The normalized spacial score (nSPS) is 12.6. The fourth-order valence-corrected chi connectivity index (χ4v) is 0.402. The van der Waals surface area contributed by atoms with Gasteiger partial charge in [0.25, 0.3) is 0 Å². The molecule has 0 aliphatic heterocycles. The first kappa shape index (κ1) is 8.52. The molecular weight excluding hydrogens is 112 g/mol. The van der Waals surface area contributed by atoms with Crippen molar-refractivity contribution in [3.05, 3.63) is 6.92 Å². The van der Waals surface area contributed by atoms with Crippen molar-refractivity contribution in [1.82, 2.24) is 0 Å². The maximum Gasteiger partial charge on any atom is 0.0579 e. The van der Waals surface area contributed by atoms with Crippen LogP contribution in [0.1, 0.15) is 19.8 Å². The van der Waals surface area contributed by atoms with E-state index in [1.165, 1.54) is 0 Å². The Bertz CT molecular complexity index is 91.2. The molecule has 1 nitrogen and oxygen atoms in total. The van der Waals surface area contributed by atoms with Crippen molar-refractivity contribution in [3.8, 4) is 12.3 Å². The molecule has 9 heavy (non-hydrogen) atoms. The Morgan fingerprint density at radius 1 is 1.78 bits per heavy atom. The summed E-state index contributed by atoms with van der Waals surface area (Å²) in [5.74, 6) is 2.49. The van der Waals surface area contributed by atoms with Gasteiger partial charge in [0.05, 0.1) is 12.7 Å². The largest absolute Gasteiger partial charge is 0.377 e. The van der Waals surface area contributed by atoms with Crippen LogP contribution in [0.25, 0.3) is 0 Å². The van der Waals surface area contributed by atoms with E-state index in [9.17, 15) is 0 Å². The van der Waals surface area contributed by atoms with E-state index >= 15 is 0 Å². The minimum absolute atomic E-state index is 0.110. The Kier molecular flexibility index (Phi) is 5.35. The Morgan fingerprint density at radius 2 is 2.44 bits per heavy atom. The third-order valence-electron chi connectivity index (χ3n) is 1.06. The zero-order valence-corrected chi connectivity index (χ0v) is 5.89. The maximum absolute atomic E-state index is 5.18. The van der Waals surface area contributed by atoms with Gasteiger partial charge in [0.2, 0.25) is 0 Å². The number of ether oxygens (including phenoxy) is 1. The molecule has 0 aromatic carbocycles. The van der Waals surface area contributed by atoms with Crippen LogP contribution in [0, 0.1) is 19.3 Å². The lowest BCUT2D eigenvalue weighted by molar-refractivity contribution is 0.0856. The highest BCUT2D eigenvalue weighted by Crippen LogP contribution is 1.94. The summed E-state index contributed by atoms with van der Waals surface area (Å²) in [6, 6.07) is 0. The molecule has 0 aliphatic rings. The molecule has 0 fully saturated rings. The predicted octanol–water partition coefficient (Wildman–Crippen LogP) is 1.64. The molecule has 51 valence electrons. The zero-order valence-electron chi connectivity index (χ0n) is 5.89. The Balaban J connectivity index is 2.99. The van der Waals surface area contributed by atoms with Crippen LogP contribution >= 0.6 is 0 Å². The SMILES string of the molecule is C#CCCOC([CH2])CC. The second-order valence-corrected chi connectivity index (χ2v) is 1.86. The van der Waals surface area contributed by atoms with Crippen LogP contribution in [0.2, 0.25) is 0 Å².